The van der Waals surface area contributed by atoms with Crippen molar-refractivity contribution in [1.82, 2.24) is 14.1 Å². The van der Waals surface area contributed by atoms with Gasteiger partial charge in [0.1, 0.15) is 40.1 Å². The number of rotatable bonds is 12. The van der Waals surface area contributed by atoms with Gasteiger partial charge in [0.05, 0.1) is 53.2 Å². The molecule has 268 valence electrons. The van der Waals surface area contributed by atoms with Crippen LogP contribution in [0.3, 0.4) is 0 Å². The van der Waals surface area contributed by atoms with E-state index in [2.05, 4.69) is 4.98 Å². The molecular weight excluding hydrogens is 690 g/mol. The molecule has 4 atom stereocenters. The number of carbonyl (C=O) groups is 1. The lowest BCUT2D eigenvalue weighted by molar-refractivity contribution is -0.123. The summed E-state index contributed by atoms with van der Waals surface area (Å²) < 4.78 is 66.4. The third-order valence-corrected chi connectivity index (χ3v) is 14.5. The molecule has 4 aromatic rings. The number of aryl methyl sites for hydroxylation is 1. The van der Waals surface area contributed by atoms with E-state index in [1.54, 1.807) is 13.8 Å². The van der Waals surface area contributed by atoms with Crippen LogP contribution in [0.2, 0.25) is 0 Å². The van der Waals surface area contributed by atoms with Crippen LogP contribution >= 0.6 is 11.3 Å². The van der Waals surface area contributed by atoms with Crippen LogP contribution in [0.4, 0.5) is 4.39 Å². The summed E-state index contributed by atoms with van der Waals surface area (Å²) in [6.45, 7) is 5.88. The number of ketones is 1. The summed E-state index contributed by atoms with van der Waals surface area (Å²) in [6.07, 6.45) is 5.70. The van der Waals surface area contributed by atoms with E-state index in [1.165, 1.54) is 56.2 Å². The molecule has 0 spiro atoms. The van der Waals surface area contributed by atoms with Crippen molar-refractivity contribution in [3.8, 4) is 16.5 Å². The van der Waals surface area contributed by atoms with Crippen LogP contribution in [0.1, 0.15) is 76.5 Å². The van der Waals surface area contributed by atoms with E-state index in [9.17, 15) is 27.2 Å². The monoisotopic (exact) mass is 729 g/mol. The predicted octanol–water partition coefficient (Wildman–Crippen LogP) is 5.08. The highest BCUT2D eigenvalue weighted by Gasteiger charge is 2.52. The van der Waals surface area contributed by atoms with Crippen LogP contribution in [0.5, 0.6) is 5.75 Å². The molecule has 1 aromatic carbocycles. The molecule has 2 aliphatic heterocycles. The quantitative estimate of drug-likeness (QED) is 0.193. The predicted molar refractivity (Wildman–Crippen MR) is 184 cm³/mol. The normalized spacial score (nSPS) is 22.2. The van der Waals surface area contributed by atoms with Crippen molar-refractivity contribution in [2.75, 3.05) is 12.9 Å². The maximum Gasteiger partial charge on any atom is 0.333 e. The Morgan fingerprint density at radius 3 is 2.52 bits per heavy atom. The van der Waals surface area contributed by atoms with Crippen molar-refractivity contribution in [3.63, 3.8) is 0 Å². The molecule has 5 heterocycles. The van der Waals surface area contributed by atoms with Crippen LogP contribution < -0.4 is 16.0 Å². The first-order chi connectivity index (χ1) is 23.6. The summed E-state index contributed by atoms with van der Waals surface area (Å²) in [7, 11) is -2.39. The van der Waals surface area contributed by atoms with Crippen LogP contribution in [0, 0.1) is 12.7 Å². The minimum atomic E-state index is -3.85. The summed E-state index contributed by atoms with van der Waals surface area (Å²) in [5.74, 6) is -1.54. The minimum Gasteiger partial charge on any atom is -0.496 e. The SMILES string of the molecule is COc1ccc(F)cc1[C@H](Cn1c(=O)n(C(C)(C)C(=O)CS(=O)(=O)C2(C)CC2)c(=O)c2c(C)c(-c3ncco3)sc21)OC1C[C@H]2CC[C@@H](C1)O2. The molecule has 2 saturated heterocycles. The molecule has 1 aliphatic carbocycles. The number of hydrogen-bond donors (Lipinski definition) is 0. The van der Waals surface area contributed by atoms with Gasteiger partial charge in [-0.2, -0.15) is 0 Å². The van der Waals surface area contributed by atoms with Crippen molar-refractivity contribution in [3.05, 3.63) is 68.4 Å². The van der Waals surface area contributed by atoms with Crippen LogP contribution in [-0.2, 0) is 36.2 Å². The van der Waals surface area contributed by atoms with E-state index in [1.807, 2.05) is 0 Å². The minimum absolute atomic E-state index is 0.0365. The smallest absolute Gasteiger partial charge is 0.333 e. The summed E-state index contributed by atoms with van der Waals surface area (Å²) >= 11 is 1.12. The van der Waals surface area contributed by atoms with Gasteiger partial charge in [0.2, 0.25) is 5.89 Å². The van der Waals surface area contributed by atoms with Crippen LogP contribution in [0.25, 0.3) is 21.0 Å². The highest BCUT2D eigenvalue weighted by Crippen LogP contribution is 2.44. The molecule has 12 nitrogen and oxygen atoms in total. The van der Waals surface area contributed by atoms with Crippen molar-refractivity contribution >= 4 is 37.2 Å². The number of halogens is 1. The Bertz CT molecular complexity index is 2190. The fourth-order valence-corrected chi connectivity index (χ4v) is 10.2. The number of benzene rings is 1. The van der Waals surface area contributed by atoms with Gasteiger partial charge >= 0.3 is 5.69 Å². The summed E-state index contributed by atoms with van der Waals surface area (Å²) in [4.78, 5) is 48.1. The fraction of sp³-hybridized carbons (Fsp3) is 0.543. The molecule has 0 amide bonds. The molecule has 3 aliphatic rings. The third kappa shape index (κ3) is 5.95. The first-order valence-electron chi connectivity index (χ1n) is 16.7. The van der Waals surface area contributed by atoms with Gasteiger partial charge in [-0.25, -0.2) is 27.2 Å². The van der Waals surface area contributed by atoms with Gasteiger partial charge in [-0.1, -0.05) is 0 Å². The molecule has 1 saturated carbocycles. The zero-order chi connectivity index (χ0) is 35.7. The number of sulfone groups is 1. The van der Waals surface area contributed by atoms with Crippen molar-refractivity contribution < 1.29 is 36.2 Å². The van der Waals surface area contributed by atoms with Gasteiger partial charge in [-0.3, -0.25) is 14.2 Å². The molecule has 50 heavy (non-hydrogen) atoms. The number of nitrogens with zero attached hydrogens (tertiary/aromatic N) is 3. The number of thiophene rings is 1. The lowest BCUT2D eigenvalue weighted by Crippen LogP contribution is -2.54. The number of aromatic nitrogens is 3. The second kappa shape index (κ2) is 12.5. The summed E-state index contributed by atoms with van der Waals surface area (Å²) in [5, 5.41) is 0.148. The number of ether oxygens (including phenoxy) is 3. The summed E-state index contributed by atoms with van der Waals surface area (Å²) in [6, 6.07) is 4.07. The molecule has 0 radical (unpaired) electrons. The maximum atomic E-state index is 14.9. The number of Topliss-reactive ketones (excluding diaryl/α,β-unsaturated/α-hetero) is 1. The average Bonchev–Trinajstić information content (AvgIpc) is 3.35. The molecule has 1 unspecified atom stereocenters. The van der Waals surface area contributed by atoms with Gasteiger partial charge in [-0.15, -0.1) is 11.3 Å². The van der Waals surface area contributed by atoms with E-state index in [0.717, 1.165) is 28.7 Å². The van der Waals surface area contributed by atoms with Gasteiger partial charge in [-0.05, 0) is 90.0 Å². The van der Waals surface area contributed by atoms with Crippen molar-refractivity contribution in [2.45, 2.75) is 107 Å². The Hall–Kier alpha value is -3.66. The Morgan fingerprint density at radius 1 is 1.20 bits per heavy atom. The first-order valence-corrected chi connectivity index (χ1v) is 19.2. The first kappa shape index (κ1) is 34.8. The Morgan fingerprint density at radius 2 is 1.90 bits per heavy atom. The highest BCUT2D eigenvalue weighted by molar-refractivity contribution is 7.93. The summed E-state index contributed by atoms with van der Waals surface area (Å²) in [5.41, 5.74) is -2.60. The highest BCUT2D eigenvalue weighted by atomic mass is 32.2. The third-order valence-electron chi connectivity index (χ3n) is 10.6. The maximum absolute atomic E-state index is 14.9. The average molecular weight is 730 g/mol. The molecule has 7 rings (SSSR count). The lowest BCUT2D eigenvalue weighted by Gasteiger charge is -2.33. The van der Waals surface area contributed by atoms with Gasteiger partial charge in [0.15, 0.2) is 15.6 Å². The Balaban J connectivity index is 1.40. The van der Waals surface area contributed by atoms with Gasteiger partial charge in [0, 0.05) is 5.56 Å². The number of methoxy groups -OCH3 is 1. The standard InChI is InChI=1S/C35H40FN3O9S2/c1-19-28-31(41)39(34(2,3)27(40)18-50(43,44)35(4)10-11-35)33(42)38(32(28)49-29(19)30-37-12-13-46-30)17-26(24-14-20(36)6-9-25(24)45-5)48-23-15-21-7-8-22(16-23)47-21/h6,9,12-14,21-23,26H,7-8,10-11,15-18H2,1-5H3/t21-,22+,23?,26-/m0/s1. The number of oxazole rings is 1. The Kier molecular flexibility index (Phi) is 8.72. The van der Waals surface area contributed by atoms with Crippen molar-refractivity contribution in [1.29, 1.82) is 0 Å². The topological polar surface area (TPSA) is 149 Å². The zero-order valence-corrected chi connectivity index (χ0v) is 30.2. The Labute approximate surface area is 292 Å². The fourth-order valence-electron chi connectivity index (χ4n) is 7.17. The molecule has 0 N–H and O–H groups in total. The van der Waals surface area contributed by atoms with E-state index < -0.39 is 54.8 Å². The molecular formula is C35H40FN3O9S2. The zero-order valence-electron chi connectivity index (χ0n) is 28.6. The van der Waals surface area contributed by atoms with E-state index in [-0.39, 0.29) is 41.0 Å². The molecule has 15 heteroatoms. The van der Waals surface area contributed by atoms with Gasteiger partial charge < -0.3 is 18.6 Å². The van der Waals surface area contributed by atoms with E-state index in [0.29, 0.717) is 47.4 Å². The largest absolute Gasteiger partial charge is 0.496 e. The van der Waals surface area contributed by atoms with Gasteiger partial charge in [0.25, 0.3) is 5.56 Å². The van der Waals surface area contributed by atoms with E-state index >= 15 is 0 Å². The number of fused-ring (bicyclic) bond motifs is 3. The number of carbonyl (C=O) groups excluding carboxylic acids is 1. The van der Waals surface area contributed by atoms with Crippen LogP contribution in [0.15, 0.2) is 44.7 Å². The lowest BCUT2D eigenvalue weighted by atomic mass is 9.99. The molecule has 3 aromatic heterocycles. The molecule has 2 bridgehead atoms. The van der Waals surface area contributed by atoms with Crippen molar-refractivity contribution in [2.24, 2.45) is 0 Å². The second-order valence-electron chi connectivity index (χ2n) is 14.4. The second-order valence-corrected chi connectivity index (χ2v) is 17.9. The molecule has 3 fully saturated rings. The van der Waals surface area contributed by atoms with E-state index in [4.69, 9.17) is 18.6 Å². The van der Waals surface area contributed by atoms with Crippen LogP contribution in [-0.4, -0.2) is 64.2 Å². The number of hydrogen-bond acceptors (Lipinski definition) is 11.